The van der Waals surface area contributed by atoms with E-state index in [1.54, 1.807) is 10.6 Å². The van der Waals surface area contributed by atoms with Gasteiger partial charge < -0.3 is 0 Å². The highest BCUT2D eigenvalue weighted by molar-refractivity contribution is 7.17. The minimum Gasteiger partial charge on any atom is -0.292 e. The Kier molecular flexibility index (Phi) is 5.29. The summed E-state index contributed by atoms with van der Waals surface area (Å²) in [5, 5.41) is 3.21. The molecule has 0 radical (unpaired) electrons. The zero-order valence-electron chi connectivity index (χ0n) is 15.3. The summed E-state index contributed by atoms with van der Waals surface area (Å²) in [4.78, 5) is 18.9. The SMILES string of the molecule is CCCc1nc2scc(-c3ccc(Cl)cc3)c2c(=O)n1Cc1cccc(F)c1. The van der Waals surface area contributed by atoms with Crippen LogP contribution in [0, 0.1) is 5.82 Å². The summed E-state index contributed by atoms with van der Waals surface area (Å²) >= 11 is 7.47. The molecule has 28 heavy (non-hydrogen) atoms. The first kappa shape index (κ1) is 18.8. The van der Waals surface area contributed by atoms with Gasteiger partial charge in [-0.2, -0.15) is 0 Å². The fraction of sp³-hybridized carbons (Fsp3) is 0.182. The van der Waals surface area contributed by atoms with Crippen LogP contribution < -0.4 is 5.56 Å². The number of aryl methyl sites for hydroxylation is 1. The topological polar surface area (TPSA) is 34.9 Å². The molecule has 0 aliphatic heterocycles. The van der Waals surface area contributed by atoms with E-state index in [1.807, 2.05) is 35.7 Å². The van der Waals surface area contributed by atoms with E-state index in [9.17, 15) is 9.18 Å². The zero-order valence-corrected chi connectivity index (χ0v) is 16.9. The van der Waals surface area contributed by atoms with Crippen LogP contribution in [0.5, 0.6) is 0 Å². The second-order valence-corrected chi connectivity index (χ2v) is 7.93. The van der Waals surface area contributed by atoms with Crippen LogP contribution in [-0.4, -0.2) is 9.55 Å². The molecule has 3 nitrogen and oxygen atoms in total. The first-order valence-electron chi connectivity index (χ1n) is 9.08. The van der Waals surface area contributed by atoms with Crippen LogP contribution in [0.15, 0.2) is 58.7 Å². The lowest BCUT2D eigenvalue weighted by atomic mass is 10.1. The third-order valence-corrected chi connectivity index (χ3v) is 5.76. The van der Waals surface area contributed by atoms with Gasteiger partial charge in [-0.1, -0.05) is 42.8 Å². The number of nitrogens with zero attached hydrogens (tertiary/aromatic N) is 2. The van der Waals surface area contributed by atoms with Crippen LogP contribution in [0.3, 0.4) is 0 Å². The molecule has 0 atom stereocenters. The van der Waals surface area contributed by atoms with E-state index in [0.717, 1.165) is 33.8 Å². The van der Waals surface area contributed by atoms with Crippen molar-refractivity contribution < 1.29 is 4.39 Å². The molecule has 0 spiro atoms. The van der Waals surface area contributed by atoms with Crippen molar-refractivity contribution in [3.63, 3.8) is 0 Å². The Hall–Kier alpha value is -2.50. The average Bonchev–Trinajstić information content (AvgIpc) is 3.10. The van der Waals surface area contributed by atoms with Crippen molar-refractivity contribution in [2.24, 2.45) is 0 Å². The highest BCUT2D eigenvalue weighted by Crippen LogP contribution is 2.32. The number of thiophene rings is 1. The van der Waals surface area contributed by atoms with Crippen LogP contribution in [0.25, 0.3) is 21.3 Å². The summed E-state index contributed by atoms with van der Waals surface area (Å²) in [6.45, 7) is 2.35. The Balaban J connectivity index is 1.90. The molecule has 4 aromatic rings. The van der Waals surface area contributed by atoms with Crippen molar-refractivity contribution in [2.75, 3.05) is 0 Å². The number of benzene rings is 2. The van der Waals surface area contributed by atoms with E-state index < -0.39 is 0 Å². The van der Waals surface area contributed by atoms with Crippen molar-refractivity contribution in [2.45, 2.75) is 26.3 Å². The van der Waals surface area contributed by atoms with Gasteiger partial charge in [-0.15, -0.1) is 11.3 Å². The van der Waals surface area contributed by atoms with Crippen LogP contribution >= 0.6 is 22.9 Å². The van der Waals surface area contributed by atoms with Gasteiger partial charge in [0, 0.05) is 22.4 Å². The highest BCUT2D eigenvalue weighted by atomic mass is 35.5. The average molecular weight is 413 g/mol. The molecule has 0 unspecified atom stereocenters. The fourth-order valence-electron chi connectivity index (χ4n) is 3.30. The second-order valence-electron chi connectivity index (χ2n) is 6.64. The minimum atomic E-state index is -0.311. The van der Waals surface area contributed by atoms with Crippen molar-refractivity contribution in [1.82, 2.24) is 9.55 Å². The fourth-order valence-corrected chi connectivity index (χ4v) is 4.39. The molecule has 142 valence electrons. The van der Waals surface area contributed by atoms with Crippen LogP contribution in [0.2, 0.25) is 5.02 Å². The molecule has 4 rings (SSSR count). The number of halogens is 2. The van der Waals surface area contributed by atoms with Crippen LogP contribution in [0.1, 0.15) is 24.7 Å². The number of rotatable bonds is 5. The quantitative estimate of drug-likeness (QED) is 0.408. The maximum atomic E-state index is 13.6. The van der Waals surface area contributed by atoms with E-state index in [0.29, 0.717) is 23.4 Å². The molecular weight excluding hydrogens is 395 g/mol. The molecule has 2 heterocycles. The van der Waals surface area contributed by atoms with Gasteiger partial charge >= 0.3 is 0 Å². The summed E-state index contributed by atoms with van der Waals surface area (Å²) in [7, 11) is 0. The van der Waals surface area contributed by atoms with E-state index >= 15 is 0 Å². The molecule has 0 N–H and O–H groups in total. The first-order chi connectivity index (χ1) is 13.6. The molecule has 0 aliphatic carbocycles. The second kappa shape index (κ2) is 7.86. The van der Waals surface area contributed by atoms with Crippen molar-refractivity contribution >= 4 is 33.2 Å². The predicted octanol–water partition coefficient (Wildman–Crippen LogP) is 5.92. The Labute approximate surface area is 171 Å². The van der Waals surface area contributed by atoms with Crippen molar-refractivity contribution in [3.8, 4) is 11.1 Å². The molecule has 0 aliphatic rings. The molecule has 2 aromatic heterocycles. The third-order valence-electron chi connectivity index (χ3n) is 4.63. The van der Waals surface area contributed by atoms with Gasteiger partial charge in [-0.3, -0.25) is 9.36 Å². The van der Waals surface area contributed by atoms with Gasteiger partial charge in [0.2, 0.25) is 0 Å². The summed E-state index contributed by atoms with van der Waals surface area (Å²) < 4.78 is 15.3. The monoisotopic (exact) mass is 412 g/mol. The van der Waals surface area contributed by atoms with Gasteiger partial charge in [0.05, 0.1) is 11.9 Å². The summed E-state index contributed by atoms with van der Waals surface area (Å²) in [6.07, 6.45) is 1.56. The summed E-state index contributed by atoms with van der Waals surface area (Å²) in [6, 6.07) is 13.8. The Bertz CT molecular complexity index is 1200. The number of fused-ring (bicyclic) bond motifs is 1. The maximum Gasteiger partial charge on any atom is 0.263 e. The van der Waals surface area contributed by atoms with Crippen LogP contribution in [0.4, 0.5) is 4.39 Å². The van der Waals surface area contributed by atoms with Crippen molar-refractivity contribution in [3.05, 3.63) is 86.5 Å². The lowest BCUT2D eigenvalue weighted by Crippen LogP contribution is -2.25. The standard InChI is InChI=1S/C22H18ClFN2OS/c1-2-4-19-25-21-20(18(13-28-21)15-7-9-16(23)10-8-15)22(27)26(19)12-14-5-3-6-17(24)11-14/h3,5-11,13H,2,4,12H2,1H3. The molecule has 0 bridgehead atoms. The molecule has 0 amide bonds. The molecule has 0 saturated carbocycles. The lowest BCUT2D eigenvalue weighted by Gasteiger charge is -2.13. The summed E-state index contributed by atoms with van der Waals surface area (Å²) in [5.41, 5.74) is 2.42. The maximum absolute atomic E-state index is 13.6. The van der Waals surface area contributed by atoms with Crippen molar-refractivity contribution in [1.29, 1.82) is 0 Å². The molecule has 0 fully saturated rings. The molecule has 2 aromatic carbocycles. The Morgan fingerprint density at radius 1 is 1.18 bits per heavy atom. The van der Waals surface area contributed by atoms with Gasteiger partial charge in [0.25, 0.3) is 5.56 Å². The highest BCUT2D eigenvalue weighted by Gasteiger charge is 2.17. The number of hydrogen-bond donors (Lipinski definition) is 0. The molecule has 6 heteroatoms. The molecular formula is C22H18ClFN2OS. The number of aromatic nitrogens is 2. The van der Waals surface area contributed by atoms with E-state index in [4.69, 9.17) is 16.6 Å². The number of hydrogen-bond acceptors (Lipinski definition) is 3. The van der Waals surface area contributed by atoms with Gasteiger partial charge in [0.1, 0.15) is 16.5 Å². The third kappa shape index (κ3) is 3.60. The van der Waals surface area contributed by atoms with E-state index in [1.165, 1.54) is 23.5 Å². The normalized spacial score (nSPS) is 11.2. The lowest BCUT2D eigenvalue weighted by molar-refractivity contribution is 0.618. The van der Waals surface area contributed by atoms with Gasteiger partial charge in [-0.05, 0) is 41.8 Å². The van der Waals surface area contributed by atoms with E-state index in [2.05, 4.69) is 6.92 Å². The minimum absolute atomic E-state index is 0.0936. The Morgan fingerprint density at radius 3 is 2.68 bits per heavy atom. The van der Waals surface area contributed by atoms with Crippen LogP contribution in [-0.2, 0) is 13.0 Å². The Morgan fingerprint density at radius 2 is 1.96 bits per heavy atom. The van der Waals surface area contributed by atoms with Gasteiger partial charge in [0.15, 0.2) is 0 Å². The van der Waals surface area contributed by atoms with E-state index in [-0.39, 0.29) is 11.4 Å². The smallest absolute Gasteiger partial charge is 0.263 e. The predicted molar refractivity (Wildman–Crippen MR) is 114 cm³/mol. The molecule has 0 saturated heterocycles. The summed E-state index contributed by atoms with van der Waals surface area (Å²) in [5.74, 6) is 0.419. The first-order valence-corrected chi connectivity index (χ1v) is 10.3. The zero-order chi connectivity index (χ0) is 19.7. The largest absolute Gasteiger partial charge is 0.292 e. The van der Waals surface area contributed by atoms with Gasteiger partial charge in [-0.25, -0.2) is 9.37 Å².